The van der Waals surface area contributed by atoms with Crippen LogP contribution in [0.25, 0.3) is 0 Å². The average molecular weight is 428 g/mol. The van der Waals surface area contributed by atoms with Crippen molar-refractivity contribution in [2.45, 2.75) is 38.6 Å². The standard InChI is InChI=1S/C23H26BrNO2/c1-14(2)10-11-27-16-7-8-21-19(13-16)17-4-3-5-18(17)23(25-21)20-12-15(24)6-9-22(20)26/h3-4,6-9,12-14,17-18,23,25-26H,5,10-11H2,1-2H3. The van der Waals surface area contributed by atoms with E-state index in [1.807, 2.05) is 18.2 Å². The molecular formula is C23H26BrNO2. The zero-order valence-corrected chi connectivity index (χ0v) is 17.4. The van der Waals surface area contributed by atoms with Gasteiger partial charge in [0.15, 0.2) is 0 Å². The number of fused-ring (bicyclic) bond motifs is 3. The van der Waals surface area contributed by atoms with Gasteiger partial charge < -0.3 is 15.2 Å². The van der Waals surface area contributed by atoms with Crippen LogP contribution in [-0.4, -0.2) is 11.7 Å². The molecule has 2 N–H and O–H groups in total. The molecule has 3 atom stereocenters. The number of benzene rings is 2. The minimum Gasteiger partial charge on any atom is -0.508 e. The summed E-state index contributed by atoms with van der Waals surface area (Å²) in [5.74, 6) is 2.67. The number of rotatable bonds is 5. The molecule has 2 aromatic carbocycles. The van der Waals surface area contributed by atoms with Gasteiger partial charge in [0.1, 0.15) is 11.5 Å². The molecule has 1 aliphatic heterocycles. The van der Waals surface area contributed by atoms with Crippen LogP contribution in [0, 0.1) is 11.8 Å². The van der Waals surface area contributed by atoms with Crippen LogP contribution in [-0.2, 0) is 0 Å². The normalized spacial score (nSPS) is 23.0. The smallest absolute Gasteiger partial charge is 0.120 e. The zero-order chi connectivity index (χ0) is 19.0. The molecule has 27 heavy (non-hydrogen) atoms. The number of aromatic hydroxyl groups is 1. The fraction of sp³-hybridized carbons (Fsp3) is 0.391. The van der Waals surface area contributed by atoms with Crippen molar-refractivity contribution in [1.82, 2.24) is 0 Å². The summed E-state index contributed by atoms with van der Waals surface area (Å²) >= 11 is 3.54. The number of allylic oxidation sites excluding steroid dienone is 2. The molecule has 4 heteroatoms. The van der Waals surface area contributed by atoms with E-state index in [9.17, 15) is 5.11 Å². The Balaban J connectivity index is 1.63. The van der Waals surface area contributed by atoms with Crippen molar-refractivity contribution in [1.29, 1.82) is 0 Å². The van der Waals surface area contributed by atoms with Gasteiger partial charge in [0.05, 0.1) is 12.6 Å². The first-order valence-electron chi connectivity index (χ1n) is 9.71. The summed E-state index contributed by atoms with van der Waals surface area (Å²) in [5, 5.41) is 14.1. The van der Waals surface area contributed by atoms with Crippen molar-refractivity contribution < 1.29 is 9.84 Å². The topological polar surface area (TPSA) is 41.5 Å². The fourth-order valence-corrected chi connectivity index (χ4v) is 4.54. The number of ether oxygens (including phenoxy) is 1. The third-order valence-electron chi connectivity index (χ3n) is 5.62. The molecule has 142 valence electrons. The van der Waals surface area contributed by atoms with Crippen LogP contribution in [0.1, 0.15) is 49.8 Å². The Morgan fingerprint density at radius 2 is 2.04 bits per heavy atom. The average Bonchev–Trinajstić information content (AvgIpc) is 3.13. The quantitative estimate of drug-likeness (QED) is 0.541. The molecule has 0 saturated carbocycles. The molecule has 3 nitrogen and oxygen atoms in total. The molecule has 0 amide bonds. The molecule has 3 unspecified atom stereocenters. The number of phenols is 1. The Labute approximate surface area is 169 Å². The maximum absolute atomic E-state index is 10.4. The SMILES string of the molecule is CC(C)CCOc1ccc2c(c1)C1C=CCC1C(c1cc(Br)ccc1O)N2. The van der Waals surface area contributed by atoms with Crippen molar-refractivity contribution in [3.8, 4) is 11.5 Å². The Kier molecular flexibility index (Phi) is 5.18. The van der Waals surface area contributed by atoms with Gasteiger partial charge in [-0.2, -0.15) is 0 Å². The van der Waals surface area contributed by atoms with E-state index in [0.29, 0.717) is 23.5 Å². The largest absolute Gasteiger partial charge is 0.508 e. The van der Waals surface area contributed by atoms with E-state index in [-0.39, 0.29) is 6.04 Å². The van der Waals surface area contributed by atoms with Crippen molar-refractivity contribution >= 4 is 21.6 Å². The van der Waals surface area contributed by atoms with Gasteiger partial charge in [0, 0.05) is 21.6 Å². The first kappa shape index (κ1) is 18.4. The molecular weight excluding hydrogens is 402 g/mol. The lowest BCUT2D eigenvalue weighted by atomic mass is 9.77. The van der Waals surface area contributed by atoms with Gasteiger partial charge in [0.25, 0.3) is 0 Å². The van der Waals surface area contributed by atoms with E-state index in [1.165, 1.54) is 5.56 Å². The van der Waals surface area contributed by atoms with Crippen molar-refractivity contribution in [3.63, 3.8) is 0 Å². The first-order chi connectivity index (χ1) is 13.0. The first-order valence-corrected chi connectivity index (χ1v) is 10.5. The number of anilines is 1. The summed E-state index contributed by atoms with van der Waals surface area (Å²) in [6, 6.07) is 12.1. The maximum atomic E-state index is 10.4. The van der Waals surface area contributed by atoms with Gasteiger partial charge in [-0.25, -0.2) is 0 Å². The second-order valence-electron chi connectivity index (χ2n) is 7.96. The molecule has 1 heterocycles. The molecule has 1 aliphatic carbocycles. The Morgan fingerprint density at radius 1 is 1.19 bits per heavy atom. The molecule has 0 radical (unpaired) electrons. The highest BCUT2D eigenvalue weighted by Gasteiger charge is 2.39. The lowest BCUT2D eigenvalue weighted by molar-refractivity contribution is 0.288. The van der Waals surface area contributed by atoms with Crippen molar-refractivity contribution in [3.05, 3.63) is 64.1 Å². The van der Waals surface area contributed by atoms with Crippen LogP contribution in [0.3, 0.4) is 0 Å². The van der Waals surface area contributed by atoms with Gasteiger partial charge in [0.2, 0.25) is 0 Å². The van der Waals surface area contributed by atoms with E-state index < -0.39 is 0 Å². The molecule has 2 aromatic rings. The number of hydrogen-bond donors (Lipinski definition) is 2. The summed E-state index contributed by atoms with van der Waals surface area (Å²) in [7, 11) is 0. The minimum atomic E-state index is 0.0858. The van der Waals surface area contributed by atoms with Crippen LogP contribution >= 0.6 is 15.9 Å². The van der Waals surface area contributed by atoms with E-state index in [4.69, 9.17) is 4.74 Å². The molecule has 4 rings (SSSR count). The lowest BCUT2D eigenvalue weighted by Crippen LogP contribution is -2.29. The van der Waals surface area contributed by atoms with E-state index in [2.05, 4.69) is 59.4 Å². The summed E-state index contributed by atoms with van der Waals surface area (Å²) in [5.41, 5.74) is 3.37. The van der Waals surface area contributed by atoms with Gasteiger partial charge in [-0.1, -0.05) is 41.9 Å². The maximum Gasteiger partial charge on any atom is 0.120 e. The summed E-state index contributed by atoms with van der Waals surface area (Å²) < 4.78 is 6.97. The van der Waals surface area contributed by atoms with Crippen LogP contribution in [0.5, 0.6) is 11.5 Å². The number of halogens is 1. The van der Waals surface area contributed by atoms with Crippen LogP contribution in [0.15, 0.2) is 53.0 Å². The fourth-order valence-electron chi connectivity index (χ4n) is 4.16. The van der Waals surface area contributed by atoms with Crippen LogP contribution in [0.4, 0.5) is 5.69 Å². The van der Waals surface area contributed by atoms with Crippen molar-refractivity contribution in [2.75, 3.05) is 11.9 Å². The van der Waals surface area contributed by atoms with Gasteiger partial charge in [-0.05, 0) is 66.6 Å². The highest BCUT2D eigenvalue weighted by Crippen LogP contribution is 2.51. The highest BCUT2D eigenvalue weighted by molar-refractivity contribution is 9.10. The molecule has 0 bridgehead atoms. The summed E-state index contributed by atoms with van der Waals surface area (Å²) in [4.78, 5) is 0. The predicted molar refractivity (Wildman–Crippen MR) is 114 cm³/mol. The Bertz CT molecular complexity index is 861. The van der Waals surface area contributed by atoms with Gasteiger partial charge in [-0.15, -0.1) is 0 Å². The second kappa shape index (κ2) is 7.59. The lowest BCUT2D eigenvalue weighted by Gasteiger charge is -2.38. The van der Waals surface area contributed by atoms with E-state index >= 15 is 0 Å². The highest BCUT2D eigenvalue weighted by atomic mass is 79.9. The van der Waals surface area contributed by atoms with Gasteiger partial charge in [-0.3, -0.25) is 0 Å². The summed E-state index contributed by atoms with van der Waals surface area (Å²) in [6.07, 6.45) is 6.64. The summed E-state index contributed by atoms with van der Waals surface area (Å²) in [6.45, 7) is 5.18. The third-order valence-corrected chi connectivity index (χ3v) is 6.12. The van der Waals surface area contributed by atoms with Crippen LogP contribution in [0.2, 0.25) is 0 Å². The van der Waals surface area contributed by atoms with E-state index in [1.54, 1.807) is 6.07 Å². The molecule has 0 spiro atoms. The zero-order valence-electron chi connectivity index (χ0n) is 15.8. The second-order valence-corrected chi connectivity index (χ2v) is 8.87. The molecule has 0 fully saturated rings. The number of hydrogen-bond acceptors (Lipinski definition) is 3. The number of nitrogens with one attached hydrogen (secondary N) is 1. The van der Waals surface area contributed by atoms with Crippen molar-refractivity contribution in [2.24, 2.45) is 11.8 Å². The monoisotopic (exact) mass is 427 g/mol. The third kappa shape index (κ3) is 3.73. The minimum absolute atomic E-state index is 0.0858. The Hall–Kier alpha value is -1.94. The van der Waals surface area contributed by atoms with Gasteiger partial charge >= 0.3 is 0 Å². The van der Waals surface area contributed by atoms with E-state index in [0.717, 1.165) is 40.9 Å². The predicted octanol–water partition coefficient (Wildman–Crippen LogP) is 6.41. The molecule has 0 saturated heterocycles. The Morgan fingerprint density at radius 3 is 2.85 bits per heavy atom. The molecule has 2 aliphatic rings. The van der Waals surface area contributed by atoms with Crippen LogP contribution < -0.4 is 10.1 Å². The number of phenolic OH excluding ortho intramolecular Hbond substituents is 1. The molecule has 0 aromatic heterocycles.